The van der Waals surface area contributed by atoms with Gasteiger partial charge in [-0.15, -0.1) is 0 Å². The number of nitrogens with one attached hydrogen (secondary N) is 1. The van der Waals surface area contributed by atoms with Gasteiger partial charge in [-0.05, 0) is 37.6 Å². The third-order valence-corrected chi connectivity index (χ3v) is 4.00. The maximum atomic E-state index is 5.95. The Kier molecular flexibility index (Phi) is 5.01. The summed E-state index contributed by atoms with van der Waals surface area (Å²) in [5.41, 5.74) is 3.47. The van der Waals surface area contributed by atoms with E-state index in [9.17, 15) is 0 Å². The lowest BCUT2D eigenvalue weighted by Crippen LogP contribution is -2.18. The van der Waals surface area contributed by atoms with Gasteiger partial charge >= 0.3 is 0 Å². The Hall–Kier alpha value is -2.53. The molecule has 0 aliphatic carbocycles. The number of hydrogen-bond donors (Lipinski definition) is 1. The molecule has 1 atom stereocenters. The normalized spacial score (nSPS) is 12.3. The Balaban J connectivity index is 1.65. The van der Waals surface area contributed by atoms with Crippen LogP contribution in [-0.4, -0.2) is 9.78 Å². The van der Waals surface area contributed by atoms with Crippen LogP contribution in [0.5, 0.6) is 5.75 Å². The molecule has 5 heteroatoms. The zero-order chi connectivity index (χ0) is 16.9. The highest BCUT2D eigenvalue weighted by Crippen LogP contribution is 2.23. The van der Waals surface area contributed by atoms with E-state index in [4.69, 9.17) is 9.15 Å². The lowest BCUT2D eigenvalue weighted by Gasteiger charge is -2.15. The molecule has 0 amide bonds. The van der Waals surface area contributed by atoms with Crippen molar-refractivity contribution in [3.8, 4) is 5.75 Å². The van der Waals surface area contributed by atoms with Crippen molar-refractivity contribution in [1.29, 1.82) is 0 Å². The molecule has 2 aromatic heterocycles. The summed E-state index contributed by atoms with van der Waals surface area (Å²) in [6, 6.07) is 10.3. The highest BCUT2D eigenvalue weighted by atomic mass is 16.5. The smallest absolute Gasteiger partial charge is 0.146 e. The predicted octanol–water partition coefficient (Wildman–Crippen LogP) is 3.75. The number of nitrogens with zero attached hydrogens (tertiary/aromatic N) is 2. The molecular formula is C19H23N3O2. The summed E-state index contributed by atoms with van der Waals surface area (Å²) in [6.07, 6.45) is 5.58. The molecule has 3 aromatic rings. The second-order valence-electron chi connectivity index (χ2n) is 6.03. The summed E-state index contributed by atoms with van der Waals surface area (Å²) in [6.45, 7) is 5.36. The van der Waals surface area contributed by atoms with Crippen molar-refractivity contribution in [2.24, 2.45) is 7.05 Å². The maximum absolute atomic E-state index is 5.95. The van der Waals surface area contributed by atoms with Crippen molar-refractivity contribution >= 4 is 0 Å². The number of aromatic nitrogens is 2. The standard InChI is InChI=1S/C19H23N3O2/c1-14-6-7-16(10-20-15(2)17-11-21-22(3)12-17)19(9-14)24-13-18-5-4-8-23-18/h4-9,11-12,15,20H,10,13H2,1-3H3/t15-/m1/s1. The fourth-order valence-electron chi connectivity index (χ4n) is 2.53. The van der Waals surface area contributed by atoms with Gasteiger partial charge in [0.2, 0.25) is 0 Å². The third kappa shape index (κ3) is 4.06. The quantitative estimate of drug-likeness (QED) is 0.719. The summed E-state index contributed by atoms with van der Waals surface area (Å²) < 4.78 is 13.1. The number of ether oxygens (including phenoxy) is 1. The Morgan fingerprint density at radius 2 is 2.21 bits per heavy atom. The van der Waals surface area contributed by atoms with Crippen molar-refractivity contribution in [2.45, 2.75) is 33.0 Å². The molecule has 0 aliphatic heterocycles. The highest BCUT2D eigenvalue weighted by molar-refractivity contribution is 5.37. The first kappa shape index (κ1) is 16.3. The predicted molar refractivity (Wildman–Crippen MR) is 92.7 cm³/mol. The summed E-state index contributed by atoms with van der Waals surface area (Å²) in [4.78, 5) is 0. The Morgan fingerprint density at radius 3 is 2.92 bits per heavy atom. The number of rotatable bonds is 7. The van der Waals surface area contributed by atoms with Crippen molar-refractivity contribution in [2.75, 3.05) is 0 Å². The van der Waals surface area contributed by atoms with Crippen LogP contribution in [0.25, 0.3) is 0 Å². The first-order chi connectivity index (χ1) is 11.6. The van der Waals surface area contributed by atoms with Gasteiger partial charge in [-0.3, -0.25) is 4.68 Å². The van der Waals surface area contributed by atoms with Crippen LogP contribution in [0.2, 0.25) is 0 Å². The zero-order valence-electron chi connectivity index (χ0n) is 14.3. The molecule has 0 saturated heterocycles. The van der Waals surface area contributed by atoms with Crippen LogP contribution in [0.3, 0.4) is 0 Å². The van der Waals surface area contributed by atoms with Gasteiger partial charge in [0.1, 0.15) is 18.1 Å². The third-order valence-electron chi connectivity index (χ3n) is 4.00. The van der Waals surface area contributed by atoms with E-state index in [2.05, 4.69) is 42.5 Å². The van der Waals surface area contributed by atoms with Gasteiger partial charge in [-0.25, -0.2) is 0 Å². The van der Waals surface area contributed by atoms with Crippen LogP contribution >= 0.6 is 0 Å². The van der Waals surface area contributed by atoms with E-state index in [1.165, 1.54) is 11.1 Å². The molecule has 126 valence electrons. The van der Waals surface area contributed by atoms with E-state index in [1.54, 1.807) is 6.26 Å². The molecule has 0 bridgehead atoms. The Morgan fingerprint density at radius 1 is 1.33 bits per heavy atom. The van der Waals surface area contributed by atoms with E-state index in [0.29, 0.717) is 6.61 Å². The average molecular weight is 325 g/mol. The Labute approximate surface area is 142 Å². The molecule has 0 aliphatic rings. The lowest BCUT2D eigenvalue weighted by molar-refractivity contribution is 0.267. The number of aryl methyl sites for hydroxylation is 2. The number of hydrogen-bond acceptors (Lipinski definition) is 4. The van der Waals surface area contributed by atoms with Crippen molar-refractivity contribution in [3.63, 3.8) is 0 Å². The molecule has 3 rings (SSSR count). The van der Waals surface area contributed by atoms with Gasteiger partial charge in [-0.2, -0.15) is 5.10 Å². The highest BCUT2D eigenvalue weighted by Gasteiger charge is 2.10. The SMILES string of the molecule is Cc1ccc(CN[C@H](C)c2cnn(C)c2)c(OCc2ccco2)c1. The summed E-state index contributed by atoms with van der Waals surface area (Å²) in [5, 5.41) is 7.75. The zero-order valence-corrected chi connectivity index (χ0v) is 14.3. The topological polar surface area (TPSA) is 52.2 Å². The first-order valence-corrected chi connectivity index (χ1v) is 8.08. The summed E-state index contributed by atoms with van der Waals surface area (Å²) in [7, 11) is 1.93. The minimum atomic E-state index is 0.220. The molecule has 0 fully saturated rings. The van der Waals surface area contributed by atoms with Crippen LogP contribution in [0, 0.1) is 6.92 Å². The average Bonchev–Trinajstić information content (AvgIpc) is 3.23. The van der Waals surface area contributed by atoms with Crippen LogP contribution in [0.1, 0.15) is 35.4 Å². The van der Waals surface area contributed by atoms with Crippen LogP contribution in [0.15, 0.2) is 53.4 Å². The summed E-state index contributed by atoms with van der Waals surface area (Å²) in [5.74, 6) is 1.71. The fraction of sp³-hybridized carbons (Fsp3) is 0.316. The number of benzene rings is 1. The second-order valence-corrected chi connectivity index (χ2v) is 6.03. The van der Waals surface area contributed by atoms with Crippen molar-refractivity contribution in [3.05, 3.63) is 71.4 Å². The van der Waals surface area contributed by atoms with E-state index >= 15 is 0 Å². The molecule has 0 saturated carbocycles. The second kappa shape index (κ2) is 7.36. The first-order valence-electron chi connectivity index (χ1n) is 8.08. The van der Waals surface area contributed by atoms with Crippen LogP contribution in [0.4, 0.5) is 0 Å². The summed E-state index contributed by atoms with van der Waals surface area (Å²) >= 11 is 0. The van der Waals surface area contributed by atoms with Crippen molar-refractivity contribution in [1.82, 2.24) is 15.1 Å². The van der Waals surface area contributed by atoms with Crippen LogP contribution < -0.4 is 10.1 Å². The molecule has 0 spiro atoms. The Bertz CT molecular complexity index is 778. The minimum Gasteiger partial charge on any atom is -0.485 e. The molecule has 0 unspecified atom stereocenters. The number of furan rings is 1. The molecule has 1 aromatic carbocycles. The molecule has 0 radical (unpaired) electrons. The minimum absolute atomic E-state index is 0.220. The molecule has 5 nitrogen and oxygen atoms in total. The maximum Gasteiger partial charge on any atom is 0.146 e. The lowest BCUT2D eigenvalue weighted by atomic mass is 10.1. The van der Waals surface area contributed by atoms with Gasteiger partial charge in [0, 0.05) is 37.0 Å². The van der Waals surface area contributed by atoms with E-state index < -0.39 is 0 Å². The largest absolute Gasteiger partial charge is 0.485 e. The van der Waals surface area contributed by atoms with E-state index in [-0.39, 0.29) is 6.04 Å². The van der Waals surface area contributed by atoms with E-state index in [1.807, 2.05) is 36.3 Å². The molecular weight excluding hydrogens is 302 g/mol. The van der Waals surface area contributed by atoms with Gasteiger partial charge in [0.05, 0.1) is 12.5 Å². The van der Waals surface area contributed by atoms with E-state index in [0.717, 1.165) is 23.6 Å². The van der Waals surface area contributed by atoms with Gasteiger partial charge in [0.15, 0.2) is 0 Å². The van der Waals surface area contributed by atoms with Gasteiger partial charge in [-0.1, -0.05) is 12.1 Å². The van der Waals surface area contributed by atoms with Crippen LogP contribution in [-0.2, 0) is 20.2 Å². The van der Waals surface area contributed by atoms with Gasteiger partial charge < -0.3 is 14.5 Å². The monoisotopic (exact) mass is 325 g/mol. The fourth-order valence-corrected chi connectivity index (χ4v) is 2.53. The molecule has 1 N–H and O–H groups in total. The van der Waals surface area contributed by atoms with Crippen molar-refractivity contribution < 1.29 is 9.15 Å². The molecule has 24 heavy (non-hydrogen) atoms. The van der Waals surface area contributed by atoms with Gasteiger partial charge in [0.25, 0.3) is 0 Å². The molecule has 2 heterocycles.